The summed E-state index contributed by atoms with van der Waals surface area (Å²) in [7, 11) is 0. The minimum atomic E-state index is -0.815. The number of nitrogens with two attached hydrogens (primary N) is 1. The molecule has 1 saturated heterocycles. The lowest BCUT2D eigenvalue weighted by atomic mass is 10.1. The van der Waals surface area contributed by atoms with E-state index in [0.29, 0.717) is 12.1 Å². The summed E-state index contributed by atoms with van der Waals surface area (Å²) >= 11 is 0. The quantitative estimate of drug-likeness (QED) is 0.875. The third kappa shape index (κ3) is 4.21. The van der Waals surface area contributed by atoms with Gasteiger partial charge >= 0.3 is 0 Å². The number of halogens is 1. The van der Waals surface area contributed by atoms with E-state index in [9.17, 15) is 9.18 Å². The molecule has 0 radical (unpaired) electrons. The molecule has 3 rings (SSSR count). The average molecular weight is 347 g/mol. The normalized spacial score (nSPS) is 22.7. The van der Waals surface area contributed by atoms with Crippen molar-refractivity contribution in [1.29, 1.82) is 0 Å². The highest BCUT2D eigenvalue weighted by Gasteiger charge is 2.25. The molecule has 1 unspecified atom stereocenters. The molecular formula is C17H22FN5O2. The van der Waals surface area contributed by atoms with Crippen molar-refractivity contribution < 1.29 is 13.9 Å². The van der Waals surface area contributed by atoms with Gasteiger partial charge in [0.1, 0.15) is 5.82 Å². The van der Waals surface area contributed by atoms with Gasteiger partial charge in [0.2, 0.25) is 5.91 Å². The smallest absolute Gasteiger partial charge is 0.246 e. The molecule has 1 fully saturated rings. The largest absolute Gasteiger partial charge is 0.373 e. The third-order valence-electron chi connectivity index (χ3n) is 4.16. The summed E-state index contributed by atoms with van der Waals surface area (Å²) in [5.74, 6) is -0.946. The van der Waals surface area contributed by atoms with Crippen molar-refractivity contribution in [1.82, 2.24) is 19.9 Å². The highest BCUT2D eigenvalue weighted by Crippen LogP contribution is 2.19. The Morgan fingerprint density at radius 2 is 1.96 bits per heavy atom. The molecule has 2 N–H and O–H groups in total. The molecule has 1 aromatic carbocycles. The monoisotopic (exact) mass is 347 g/mol. The van der Waals surface area contributed by atoms with Gasteiger partial charge in [0.15, 0.2) is 6.04 Å². The molecular weight excluding hydrogens is 325 g/mol. The van der Waals surface area contributed by atoms with Crippen molar-refractivity contribution in [2.75, 3.05) is 13.1 Å². The second-order valence-electron chi connectivity index (χ2n) is 6.50. The van der Waals surface area contributed by atoms with Crippen LogP contribution >= 0.6 is 0 Å². The zero-order valence-corrected chi connectivity index (χ0v) is 14.3. The van der Waals surface area contributed by atoms with Gasteiger partial charge in [0, 0.05) is 19.6 Å². The third-order valence-corrected chi connectivity index (χ3v) is 4.16. The molecule has 0 spiro atoms. The number of primary amides is 1. The fourth-order valence-corrected chi connectivity index (χ4v) is 3.25. The Kier molecular flexibility index (Phi) is 5.10. The molecule has 7 nitrogen and oxygen atoms in total. The summed E-state index contributed by atoms with van der Waals surface area (Å²) < 4.78 is 20.3. The highest BCUT2D eigenvalue weighted by molar-refractivity contribution is 5.81. The molecule has 8 heteroatoms. The van der Waals surface area contributed by atoms with Gasteiger partial charge in [-0.05, 0) is 31.5 Å². The molecule has 3 atom stereocenters. The molecule has 2 heterocycles. The molecule has 25 heavy (non-hydrogen) atoms. The van der Waals surface area contributed by atoms with Gasteiger partial charge in [0.25, 0.3) is 0 Å². The Morgan fingerprint density at radius 3 is 2.56 bits per heavy atom. The van der Waals surface area contributed by atoms with Crippen LogP contribution in [0, 0.1) is 5.82 Å². The summed E-state index contributed by atoms with van der Waals surface area (Å²) in [5, 5.41) is 8.21. The van der Waals surface area contributed by atoms with E-state index in [0.717, 1.165) is 18.8 Å². The van der Waals surface area contributed by atoms with Crippen LogP contribution in [0.25, 0.3) is 0 Å². The topological polar surface area (TPSA) is 86.3 Å². The van der Waals surface area contributed by atoms with Crippen LogP contribution < -0.4 is 5.73 Å². The second-order valence-corrected chi connectivity index (χ2v) is 6.50. The number of benzene rings is 1. The predicted octanol–water partition coefficient (Wildman–Crippen LogP) is 1.10. The van der Waals surface area contributed by atoms with E-state index in [-0.39, 0.29) is 18.0 Å². The zero-order valence-electron chi connectivity index (χ0n) is 14.3. The van der Waals surface area contributed by atoms with Gasteiger partial charge in [0.05, 0.1) is 24.1 Å². The zero-order chi connectivity index (χ0) is 18.0. The number of hydrogen-bond acceptors (Lipinski definition) is 5. The average Bonchev–Trinajstić information content (AvgIpc) is 2.96. The summed E-state index contributed by atoms with van der Waals surface area (Å²) in [6, 6.07) is 4.82. The van der Waals surface area contributed by atoms with Crippen molar-refractivity contribution in [3.05, 3.63) is 47.5 Å². The number of carbonyl (C=O) groups excluding carboxylic acids is 1. The lowest BCUT2D eigenvalue weighted by Crippen LogP contribution is -2.44. The number of morpholine rings is 1. The van der Waals surface area contributed by atoms with Gasteiger partial charge in [-0.15, -0.1) is 5.10 Å². The lowest BCUT2D eigenvalue weighted by Gasteiger charge is -2.34. The molecule has 1 aromatic heterocycles. The summed E-state index contributed by atoms with van der Waals surface area (Å²) in [4.78, 5) is 14.1. The Morgan fingerprint density at radius 1 is 1.32 bits per heavy atom. The van der Waals surface area contributed by atoms with Crippen LogP contribution in [0.1, 0.15) is 31.1 Å². The maximum Gasteiger partial charge on any atom is 0.246 e. The van der Waals surface area contributed by atoms with Crippen molar-refractivity contribution in [3.8, 4) is 0 Å². The molecule has 1 amide bonds. The van der Waals surface area contributed by atoms with E-state index in [2.05, 4.69) is 15.2 Å². The summed E-state index contributed by atoms with van der Waals surface area (Å²) in [5.41, 5.74) is 6.83. The van der Waals surface area contributed by atoms with Gasteiger partial charge in [-0.1, -0.05) is 17.3 Å². The van der Waals surface area contributed by atoms with Crippen molar-refractivity contribution in [2.45, 2.75) is 38.6 Å². The van der Waals surface area contributed by atoms with Gasteiger partial charge in [-0.2, -0.15) is 0 Å². The summed E-state index contributed by atoms with van der Waals surface area (Å²) in [6.45, 7) is 6.32. The second kappa shape index (κ2) is 7.28. The lowest BCUT2D eigenvalue weighted by molar-refractivity contribution is -0.120. The fourth-order valence-electron chi connectivity index (χ4n) is 3.25. The van der Waals surface area contributed by atoms with Crippen LogP contribution in [-0.4, -0.2) is 51.1 Å². The number of rotatable bonds is 5. The van der Waals surface area contributed by atoms with Crippen LogP contribution in [-0.2, 0) is 16.1 Å². The number of hydrogen-bond donors (Lipinski definition) is 1. The number of ether oxygens (including phenoxy) is 1. The van der Waals surface area contributed by atoms with Gasteiger partial charge < -0.3 is 10.5 Å². The van der Waals surface area contributed by atoms with Crippen molar-refractivity contribution in [3.63, 3.8) is 0 Å². The predicted molar refractivity (Wildman–Crippen MR) is 89.0 cm³/mol. The van der Waals surface area contributed by atoms with Crippen LogP contribution in [0.4, 0.5) is 4.39 Å². The molecule has 0 saturated carbocycles. The number of amides is 1. The van der Waals surface area contributed by atoms with E-state index in [1.165, 1.54) is 28.9 Å². The van der Waals surface area contributed by atoms with Crippen LogP contribution in [0.5, 0.6) is 0 Å². The number of carbonyl (C=O) groups is 1. The maximum absolute atomic E-state index is 13.1. The SMILES string of the molecule is C[C@@H]1CN(Cc2cn(C(C(N)=O)c3ccc(F)cc3)nn2)C[C@H](C)O1. The highest BCUT2D eigenvalue weighted by atomic mass is 19.1. The molecule has 2 aromatic rings. The Labute approximate surface area is 145 Å². The van der Waals surface area contributed by atoms with E-state index < -0.39 is 11.9 Å². The first-order chi connectivity index (χ1) is 11.9. The molecule has 1 aliphatic rings. The van der Waals surface area contributed by atoms with Crippen LogP contribution in [0.3, 0.4) is 0 Å². The first-order valence-electron chi connectivity index (χ1n) is 8.25. The molecule has 0 bridgehead atoms. The Bertz CT molecular complexity index is 723. The van der Waals surface area contributed by atoms with Crippen LogP contribution in [0.15, 0.2) is 30.5 Å². The minimum absolute atomic E-state index is 0.163. The standard InChI is InChI=1S/C17H22FN5O2/c1-11-7-22(8-12(2)25-11)9-15-10-23(21-20-15)16(17(19)24)13-3-5-14(18)6-4-13/h3-6,10-12,16H,7-9H2,1-2H3,(H2,19,24)/t11-,12+,16?. The Hall–Kier alpha value is -2.32. The van der Waals surface area contributed by atoms with E-state index in [4.69, 9.17) is 10.5 Å². The Balaban J connectivity index is 1.76. The summed E-state index contributed by atoms with van der Waals surface area (Å²) in [6.07, 6.45) is 2.04. The van der Waals surface area contributed by atoms with Crippen molar-refractivity contribution >= 4 is 5.91 Å². The first kappa shape index (κ1) is 17.5. The molecule has 1 aliphatic heterocycles. The van der Waals surface area contributed by atoms with Crippen molar-refractivity contribution in [2.24, 2.45) is 5.73 Å². The number of nitrogens with zero attached hydrogens (tertiary/aromatic N) is 4. The van der Waals surface area contributed by atoms with E-state index >= 15 is 0 Å². The fraction of sp³-hybridized carbons (Fsp3) is 0.471. The molecule has 134 valence electrons. The minimum Gasteiger partial charge on any atom is -0.373 e. The van der Waals surface area contributed by atoms with E-state index in [1.54, 1.807) is 6.20 Å². The first-order valence-corrected chi connectivity index (χ1v) is 8.25. The van der Waals surface area contributed by atoms with Gasteiger partial charge in [-0.25, -0.2) is 9.07 Å². The molecule has 0 aliphatic carbocycles. The van der Waals surface area contributed by atoms with Crippen LogP contribution in [0.2, 0.25) is 0 Å². The maximum atomic E-state index is 13.1. The number of aromatic nitrogens is 3. The van der Waals surface area contributed by atoms with E-state index in [1.807, 2.05) is 13.8 Å². The van der Waals surface area contributed by atoms with Gasteiger partial charge in [-0.3, -0.25) is 9.69 Å².